The Kier molecular flexibility index (Phi) is 5.49. The summed E-state index contributed by atoms with van der Waals surface area (Å²) >= 11 is 7.69. The number of aromatic hydroxyl groups is 1. The van der Waals surface area contributed by atoms with Crippen LogP contribution in [-0.4, -0.2) is 34.3 Å². The van der Waals surface area contributed by atoms with Crippen LogP contribution < -0.4 is 9.64 Å². The van der Waals surface area contributed by atoms with E-state index in [1.165, 1.54) is 36.6 Å². The van der Waals surface area contributed by atoms with E-state index < -0.39 is 40.6 Å². The van der Waals surface area contributed by atoms with Crippen molar-refractivity contribution in [2.75, 3.05) is 12.0 Å². The number of aromatic amines is 1. The maximum absolute atomic E-state index is 13.6. The van der Waals surface area contributed by atoms with Crippen LogP contribution in [0.4, 0.5) is 18.9 Å². The number of halogens is 3. The number of nitrogens with zero attached hydrogens (tertiary/aromatic N) is 1. The molecule has 176 valence electrons. The molecule has 3 atom stereocenters. The summed E-state index contributed by atoms with van der Waals surface area (Å²) in [6.07, 6.45) is -4.62. The van der Waals surface area contributed by atoms with E-state index in [2.05, 4.69) is 4.98 Å². The van der Waals surface area contributed by atoms with Crippen molar-refractivity contribution in [3.05, 3.63) is 62.4 Å². The van der Waals surface area contributed by atoms with Gasteiger partial charge in [-0.2, -0.15) is 13.2 Å². The molecular weight excluding hydrogens is 509 g/mol. The highest BCUT2D eigenvalue weighted by Crippen LogP contribution is 2.54. The van der Waals surface area contributed by atoms with Gasteiger partial charge < -0.3 is 14.8 Å². The number of hydrogen-bond acceptors (Lipinski definition) is 7. The minimum absolute atomic E-state index is 0.132. The Labute approximate surface area is 204 Å². The van der Waals surface area contributed by atoms with Crippen molar-refractivity contribution in [3.8, 4) is 11.5 Å². The maximum Gasteiger partial charge on any atom is 0.416 e. The largest absolute Gasteiger partial charge is 0.504 e. The number of benzene rings is 2. The van der Waals surface area contributed by atoms with E-state index >= 15 is 0 Å². The van der Waals surface area contributed by atoms with E-state index in [1.54, 1.807) is 12.1 Å². The SMILES string of the molecule is COc1ccc(C2c3sc(=S)[nH]c3SC3C(=O)N(c4cccc(C(F)(F)F)c4)C(=O)C32)cc1O. The number of anilines is 1. The number of imide groups is 1. The number of rotatable bonds is 3. The summed E-state index contributed by atoms with van der Waals surface area (Å²) in [7, 11) is 1.41. The lowest BCUT2D eigenvalue weighted by Crippen LogP contribution is -2.32. The lowest BCUT2D eigenvalue weighted by molar-refractivity contribution is -0.137. The normalized spacial score (nSPS) is 22.0. The molecule has 34 heavy (non-hydrogen) atoms. The number of fused-ring (bicyclic) bond motifs is 2. The summed E-state index contributed by atoms with van der Waals surface area (Å²) in [4.78, 5) is 31.6. The van der Waals surface area contributed by atoms with Gasteiger partial charge in [0.1, 0.15) is 5.25 Å². The Morgan fingerprint density at radius 2 is 1.91 bits per heavy atom. The lowest BCUT2D eigenvalue weighted by Gasteiger charge is -2.30. The molecule has 2 N–H and O–H groups in total. The molecule has 2 aliphatic heterocycles. The van der Waals surface area contributed by atoms with Crippen LogP contribution in [0, 0.1) is 9.87 Å². The number of ether oxygens (including phenoxy) is 1. The highest BCUT2D eigenvalue weighted by atomic mass is 32.2. The molecule has 5 rings (SSSR count). The zero-order valence-electron chi connectivity index (χ0n) is 17.3. The number of carbonyl (C=O) groups is 2. The summed E-state index contributed by atoms with van der Waals surface area (Å²) in [5, 5.41) is 10.1. The number of thiazole rings is 1. The maximum atomic E-state index is 13.6. The first-order valence-corrected chi connectivity index (χ1v) is 12.0. The van der Waals surface area contributed by atoms with Gasteiger partial charge in [0.2, 0.25) is 11.8 Å². The second-order valence-corrected chi connectivity index (χ2v) is 10.6. The average Bonchev–Trinajstić information content (AvgIpc) is 3.27. The van der Waals surface area contributed by atoms with Gasteiger partial charge >= 0.3 is 6.18 Å². The van der Waals surface area contributed by atoms with Crippen molar-refractivity contribution in [1.29, 1.82) is 0 Å². The highest BCUT2D eigenvalue weighted by molar-refractivity contribution is 8.01. The van der Waals surface area contributed by atoms with Gasteiger partial charge in [0.25, 0.3) is 0 Å². The predicted molar refractivity (Wildman–Crippen MR) is 123 cm³/mol. The third kappa shape index (κ3) is 3.60. The van der Waals surface area contributed by atoms with E-state index in [4.69, 9.17) is 17.0 Å². The van der Waals surface area contributed by atoms with Gasteiger partial charge in [-0.25, -0.2) is 4.90 Å². The van der Waals surface area contributed by atoms with Gasteiger partial charge in [0, 0.05) is 10.8 Å². The van der Waals surface area contributed by atoms with Crippen LogP contribution >= 0.6 is 35.3 Å². The molecule has 2 aromatic carbocycles. The molecule has 1 aromatic heterocycles. The second kappa shape index (κ2) is 8.14. The number of H-pyrrole nitrogens is 1. The number of phenols is 1. The monoisotopic (exact) mass is 524 g/mol. The third-order valence-electron chi connectivity index (χ3n) is 5.82. The molecule has 12 heteroatoms. The molecule has 3 unspecified atom stereocenters. The van der Waals surface area contributed by atoms with Crippen molar-refractivity contribution in [1.82, 2.24) is 4.98 Å². The molecule has 0 bridgehead atoms. The summed E-state index contributed by atoms with van der Waals surface area (Å²) in [6, 6.07) is 8.87. The summed E-state index contributed by atoms with van der Waals surface area (Å²) in [5.41, 5.74) is -0.521. The average molecular weight is 525 g/mol. The quantitative estimate of drug-likeness (QED) is 0.356. The molecule has 3 aromatic rings. The lowest BCUT2D eigenvalue weighted by atomic mass is 9.83. The fraction of sp³-hybridized carbons (Fsp3) is 0.227. The van der Waals surface area contributed by atoms with Gasteiger partial charge in [0.15, 0.2) is 15.5 Å². The van der Waals surface area contributed by atoms with Crippen molar-refractivity contribution in [2.45, 2.75) is 22.4 Å². The van der Waals surface area contributed by atoms with Crippen LogP contribution in [0.1, 0.15) is 21.9 Å². The summed E-state index contributed by atoms with van der Waals surface area (Å²) < 4.78 is 45.4. The van der Waals surface area contributed by atoms with Gasteiger partial charge in [0.05, 0.1) is 29.3 Å². The minimum atomic E-state index is -4.62. The van der Waals surface area contributed by atoms with Gasteiger partial charge in [-0.3, -0.25) is 9.59 Å². The van der Waals surface area contributed by atoms with Gasteiger partial charge in [-0.1, -0.05) is 23.9 Å². The number of aromatic nitrogens is 1. The number of nitrogens with one attached hydrogen (secondary N) is 1. The molecule has 0 saturated carbocycles. The minimum Gasteiger partial charge on any atom is -0.504 e. The number of amides is 2. The number of thioether (sulfide) groups is 1. The van der Waals surface area contributed by atoms with E-state index in [1.807, 2.05) is 0 Å². The Hall–Kier alpha value is -2.83. The van der Waals surface area contributed by atoms with E-state index in [9.17, 15) is 27.9 Å². The molecule has 0 spiro atoms. The first-order chi connectivity index (χ1) is 16.1. The van der Waals surface area contributed by atoms with E-state index in [0.29, 0.717) is 14.5 Å². The Balaban J connectivity index is 1.63. The van der Waals surface area contributed by atoms with Crippen LogP contribution in [0.2, 0.25) is 0 Å². The molecule has 0 radical (unpaired) electrons. The highest BCUT2D eigenvalue weighted by Gasteiger charge is 2.56. The second-order valence-electron chi connectivity index (χ2n) is 7.74. The molecule has 1 saturated heterocycles. The topological polar surface area (TPSA) is 82.6 Å². The molecule has 2 amide bonds. The Morgan fingerprint density at radius 1 is 1.15 bits per heavy atom. The molecule has 2 aliphatic rings. The summed E-state index contributed by atoms with van der Waals surface area (Å²) in [5.74, 6) is -2.63. The number of hydrogen-bond donors (Lipinski definition) is 2. The van der Waals surface area contributed by atoms with Gasteiger partial charge in [-0.15, -0.1) is 11.3 Å². The van der Waals surface area contributed by atoms with Crippen LogP contribution in [0.5, 0.6) is 11.5 Å². The summed E-state index contributed by atoms with van der Waals surface area (Å²) in [6.45, 7) is 0. The van der Waals surface area contributed by atoms with Crippen LogP contribution in [0.3, 0.4) is 0 Å². The number of alkyl halides is 3. The fourth-order valence-electron chi connectivity index (χ4n) is 4.35. The van der Waals surface area contributed by atoms with Crippen molar-refractivity contribution >= 4 is 52.8 Å². The molecule has 6 nitrogen and oxygen atoms in total. The van der Waals surface area contributed by atoms with Crippen molar-refractivity contribution in [3.63, 3.8) is 0 Å². The zero-order chi connectivity index (χ0) is 24.4. The fourth-order valence-corrected chi connectivity index (χ4v) is 7.31. The Bertz CT molecular complexity index is 1380. The Morgan fingerprint density at radius 3 is 2.59 bits per heavy atom. The molecular formula is C22H15F3N2O4S3. The van der Waals surface area contributed by atoms with Crippen LogP contribution in [0.25, 0.3) is 0 Å². The first-order valence-electron chi connectivity index (χ1n) is 9.91. The molecule has 1 fully saturated rings. The first kappa shape index (κ1) is 22.9. The standard InChI is InChI=1S/C22H15F3N2O4S3/c1-31-13-6-5-9(7-12(13)28)14-15-17(33-18-16(14)34-21(32)26-18)20(30)27(19(15)29)11-4-2-3-10(8-11)22(23,24)25/h2-8,14-15,17,28H,1H3,(H,26,32). The predicted octanol–water partition coefficient (Wildman–Crippen LogP) is 5.33. The van der Waals surface area contributed by atoms with Crippen molar-refractivity contribution < 1.29 is 32.6 Å². The number of methoxy groups -OCH3 is 1. The smallest absolute Gasteiger partial charge is 0.416 e. The van der Waals surface area contributed by atoms with Crippen molar-refractivity contribution in [2.24, 2.45) is 5.92 Å². The van der Waals surface area contributed by atoms with Crippen LogP contribution in [0.15, 0.2) is 47.5 Å². The molecule has 3 heterocycles. The van der Waals surface area contributed by atoms with E-state index in [-0.39, 0.29) is 17.2 Å². The zero-order valence-corrected chi connectivity index (χ0v) is 19.7. The third-order valence-corrected chi connectivity index (χ3v) is 8.57. The number of carbonyl (C=O) groups excluding carboxylic acids is 2. The van der Waals surface area contributed by atoms with Crippen LogP contribution in [-0.2, 0) is 15.8 Å². The van der Waals surface area contributed by atoms with E-state index in [0.717, 1.165) is 33.7 Å². The molecule has 0 aliphatic carbocycles. The number of phenolic OH excluding ortho intramolecular Hbond substituents is 1. The van der Waals surface area contributed by atoms with Gasteiger partial charge in [-0.05, 0) is 48.1 Å².